The molecule has 2 fully saturated rings. The van der Waals surface area contributed by atoms with Crippen LogP contribution < -0.4 is 4.90 Å². The highest BCUT2D eigenvalue weighted by Crippen LogP contribution is 2.66. The molecule has 0 radical (unpaired) electrons. The van der Waals surface area contributed by atoms with Crippen LogP contribution in [0.5, 0.6) is 0 Å². The van der Waals surface area contributed by atoms with Crippen molar-refractivity contribution in [3.05, 3.63) is 66.8 Å². The highest BCUT2D eigenvalue weighted by Gasteiger charge is 2.74. The topological polar surface area (TPSA) is 81.2 Å². The minimum Gasteiger partial charge on any atom is -0.394 e. The van der Waals surface area contributed by atoms with Crippen molar-refractivity contribution in [2.75, 3.05) is 31.6 Å². The van der Waals surface area contributed by atoms with Gasteiger partial charge in [-0.15, -0.1) is 11.8 Å². The smallest absolute Gasteiger partial charge is 0.251 e. The number of carbonyl (C=O) groups is 3. The summed E-state index contributed by atoms with van der Waals surface area (Å²) in [6.07, 6.45) is 8.84. The van der Waals surface area contributed by atoms with Crippen LogP contribution >= 0.6 is 11.8 Å². The third-order valence-electron chi connectivity index (χ3n) is 9.59. The molecule has 0 bridgehead atoms. The first kappa shape index (κ1) is 27.1. The van der Waals surface area contributed by atoms with Crippen LogP contribution in [0.4, 0.5) is 5.69 Å². The molecule has 40 heavy (non-hydrogen) atoms. The Morgan fingerprint density at radius 2 is 1.70 bits per heavy atom. The van der Waals surface area contributed by atoms with Crippen molar-refractivity contribution < 1.29 is 19.5 Å². The van der Waals surface area contributed by atoms with Crippen molar-refractivity contribution in [2.24, 2.45) is 17.8 Å². The molecule has 0 aliphatic carbocycles. The largest absolute Gasteiger partial charge is 0.394 e. The first-order chi connectivity index (χ1) is 19.2. The number of anilines is 1. The molecular weight excluding hydrogens is 522 g/mol. The fourth-order valence-corrected chi connectivity index (χ4v) is 9.47. The molecule has 3 amide bonds. The maximum atomic E-state index is 14.8. The summed E-state index contributed by atoms with van der Waals surface area (Å²) in [7, 11) is 1.77. The molecule has 4 aliphatic heterocycles. The van der Waals surface area contributed by atoms with Crippen molar-refractivity contribution in [2.45, 2.75) is 48.8 Å². The van der Waals surface area contributed by atoms with Gasteiger partial charge in [-0.25, -0.2) is 0 Å². The summed E-state index contributed by atoms with van der Waals surface area (Å²) in [5.41, 5.74) is 0.768. The van der Waals surface area contributed by atoms with E-state index in [2.05, 4.69) is 6.08 Å². The lowest BCUT2D eigenvalue weighted by Crippen LogP contribution is -2.58. The van der Waals surface area contributed by atoms with Gasteiger partial charge in [0.15, 0.2) is 0 Å². The number of nitrogens with zero attached hydrogens (tertiary/aromatic N) is 3. The Bertz CT molecular complexity index is 1440. The molecule has 7 atom stereocenters. The number of aliphatic hydroxyl groups is 1. The summed E-state index contributed by atoms with van der Waals surface area (Å²) in [5, 5.41) is 12.7. The van der Waals surface area contributed by atoms with Crippen molar-refractivity contribution in [1.82, 2.24) is 9.80 Å². The van der Waals surface area contributed by atoms with E-state index < -0.39 is 33.4 Å². The number of likely N-dealkylation sites (tertiary alicyclic amines) is 1. The summed E-state index contributed by atoms with van der Waals surface area (Å²) in [6, 6.07) is 12.7. The van der Waals surface area contributed by atoms with Crippen LogP contribution in [-0.2, 0) is 14.4 Å². The van der Waals surface area contributed by atoms with E-state index in [4.69, 9.17) is 0 Å². The van der Waals surface area contributed by atoms with Gasteiger partial charge in [-0.3, -0.25) is 14.4 Å². The number of fused-ring (bicyclic) bond motifs is 3. The molecule has 1 N–H and O–H groups in total. The molecule has 0 saturated carbocycles. The second-order valence-corrected chi connectivity index (χ2v) is 13.7. The SMILES string of the molecule is CC[C@H](C)[C@H](CO)N1C(=O)[C@@H]2[C@@H]3C(=O)N(C)CC=C[C@]3(C)S[C@@]23C=CCN(c2ccc4ccccc4c2)C(=O)C13. The second kappa shape index (κ2) is 9.77. The van der Waals surface area contributed by atoms with E-state index in [1.807, 2.05) is 81.5 Å². The molecule has 1 unspecified atom stereocenters. The maximum Gasteiger partial charge on any atom is 0.251 e. The zero-order chi connectivity index (χ0) is 28.4. The van der Waals surface area contributed by atoms with E-state index in [1.165, 1.54) is 0 Å². The normalized spacial score (nSPS) is 33.1. The summed E-state index contributed by atoms with van der Waals surface area (Å²) in [4.78, 5) is 48.3. The minimum atomic E-state index is -0.932. The quantitative estimate of drug-likeness (QED) is 0.563. The van der Waals surface area contributed by atoms with Crippen LogP contribution in [0.15, 0.2) is 66.8 Å². The van der Waals surface area contributed by atoms with E-state index in [0.29, 0.717) is 13.1 Å². The average Bonchev–Trinajstić information content (AvgIpc) is 3.23. The number of rotatable bonds is 5. The molecule has 2 aromatic rings. The molecule has 8 heteroatoms. The fraction of sp³-hybridized carbons (Fsp3) is 0.469. The van der Waals surface area contributed by atoms with Gasteiger partial charge in [0.1, 0.15) is 6.04 Å². The third kappa shape index (κ3) is 3.79. The second-order valence-electron chi connectivity index (χ2n) is 11.9. The van der Waals surface area contributed by atoms with Gasteiger partial charge >= 0.3 is 0 Å². The lowest BCUT2D eigenvalue weighted by atomic mass is 9.74. The first-order valence-corrected chi connectivity index (χ1v) is 15.0. The summed E-state index contributed by atoms with van der Waals surface area (Å²) < 4.78 is -1.57. The van der Waals surface area contributed by atoms with Gasteiger partial charge in [0.25, 0.3) is 5.91 Å². The molecule has 2 aromatic carbocycles. The number of aliphatic hydroxyl groups excluding tert-OH is 1. The van der Waals surface area contributed by atoms with Gasteiger partial charge in [-0.2, -0.15) is 0 Å². The van der Waals surface area contributed by atoms with Crippen LogP contribution in [0.3, 0.4) is 0 Å². The van der Waals surface area contributed by atoms with Crippen molar-refractivity contribution in [1.29, 1.82) is 0 Å². The van der Waals surface area contributed by atoms with Crippen LogP contribution in [-0.4, -0.2) is 80.9 Å². The number of thioether (sulfide) groups is 1. The predicted molar refractivity (Wildman–Crippen MR) is 159 cm³/mol. The molecule has 4 aliphatic rings. The number of benzene rings is 2. The molecule has 0 aromatic heterocycles. The van der Waals surface area contributed by atoms with E-state index in [-0.39, 0.29) is 30.2 Å². The highest BCUT2D eigenvalue weighted by atomic mass is 32.2. The van der Waals surface area contributed by atoms with Gasteiger partial charge in [0, 0.05) is 30.6 Å². The molecule has 4 heterocycles. The standard InChI is InChI=1S/C32H37N3O4S/c1-5-20(2)24(19-36)35-27-30(39)34(23-13-12-21-10-6-7-11-22(21)18-23)17-9-15-32(27)26(29(35)38)25-28(37)33(4)16-8-14-31(25,3)40-32/h6-15,18,20,24-27,36H,5,16-17,19H2,1-4H3/t20-,24-,25+,26-,27?,31-,32-/m0/s1. The molecule has 2 saturated heterocycles. The van der Waals surface area contributed by atoms with Crippen molar-refractivity contribution in [3.63, 3.8) is 0 Å². The van der Waals surface area contributed by atoms with Gasteiger partial charge in [-0.05, 0) is 35.7 Å². The van der Waals surface area contributed by atoms with Crippen LogP contribution in [0, 0.1) is 17.8 Å². The number of hydrogen-bond acceptors (Lipinski definition) is 5. The van der Waals surface area contributed by atoms with E-state index in [0.717, 1.165) is 22.9 Å². The molecule has 7 nitrogen and oxygen atoms in total. The third-order valence-corrected chi connectivity index (χ3v) is 11.4. The fourth-order valence-electron chi connectivity index (χ4n) is 7.33. The van der Waals surface area contributed by atoms with Gasteiger partial charge < -0.3 is 19.8 Å². The Balaban J connectivity index is 1.52. The van der Waals surface area contributed by atoms with Crippen molar-refractivity contribution in [3.8, 4) is 0 Å². The number of hydrogen-bond donors (Lipinski definition) is 1. The maximum absolute atomic E-state index is 14.8. The monoisotopic (exact) mass is 559 g/mol. The lowest BCUT2D eigenvalue weighted by Gasteiger charge is -2.41. The predicted octanol–water partition coefficient (Wildman–Crippen LogP) is 3.87. The van der Waals surface area contributed by atoms with Crippen LogP contribution in [0.2, 0.25) is 0 Å². The lowest BCUT2D eigenvalue weighted by molar-refractivity contribution is -0.145. The van der Waals surface area contributed by atoms with E-state index in [1.54, 1.807) is 33.5 Å². The minimum absolute atomic E-state index is 0.0252. The molecule has 210 valence electrons. The zero-order valence-electron chi connectivity index (χ0n) is 23.5. The van der Waals surface area contributed by atoms with Gasteiger partial charge in [-0.1, -0.05) is 74.9 Å². The first-order valence-electron chi connectivity index (χ1n) is 14.2. The van der Waals surface area contributed by atoms with Crippen molar-refractivity contribution >= 4 is 45.9 Å². The average molecular weight is 560 g/mol. The summed E-state index contributed by atoms with van der Waals surface area (Å²) >= 11 is 1.58. The Labute approximate surface area is 239 Å². The Hall–Kier alpha value is -3.10. The number of carbonyl (C=O) groups excluding carboxylic acids is 3. The Morgan fingerprint density at radius 1 is 0.975 bits per heavy atom. The molecule has 6 rings (SSSR count). The number of amides is 3. The highest BCUT2D eigenvalue weighted by molar-refractivity contribution is 8.02. The zero-order valence-corrected chi connectivity index (χ0v) is 24.3. The Morgan fingerprint density at radius 3 is 2.42 bits per heavy atom. The van der Waals surface area contributed by atoms with Gasteiger partial charge in [0.05, 0.1) is 29.2 Å². The molecular formula is C32H37N3O4S. The number of likely N-dealkylation sites (N-methyl/N-ethyl adjacent to an activating group) is 1. The van der Waals surface area contributed by atoms with Gasteiger partial charge in [0.2, 0.25) is 11.8 Å². The summed E-state index contributed by atoms with van der Waals surface area (Å²) in [6.45, 7) is 6.68. The van der Waals surface area contributed by atoms with E-state index in [9.17, 15) is 19.5 Å². The van der Waals surface area contributed by atoms with Crippen LogP contribution in [0.1, 0.15) is 27.2 Å². The molecule has 1 spiro atoms. The summed E-state index contributed by atoms with van der Waals surface area (Å²) in [5.74, 6) is -1.79. The Kier molecular flexibility index (Phi) is 6.62. The van der Waals surface area contributed by atoms with E-state index >= 15 is 0 Å². The van der Waals surface area contributed by atoms with Crippen LogP contribution in [0.25, 0.3) is 10.8 Å².